The van der Waals surface area contributed by atoms with E-state index in [0.29, 0.717) is 18.5 Å². The molecule has 2 aromatic heterocycles. The number of aromatic nitrogens is 2. The smallest absolute Gasteiger partial charge is 0.262 e. The van der Waals surface area contributed by atoms with E-state index in [2.05, 4.69) is 11.9 Å². The number of benzene rings is 1. The molecule has 0 aliphatic rings. The first-order chi connectivity index (χ1) is 10.7. The molecule has 0 aliphatic heterocycles. The summed E-state index contributed by atoms with van der Waals surface area (Å²) >= 11 is 1.51. The Labute approximate surface area is 133 Å². The van der Waals surface area contributed by atoms with Gasteiger partial charge in [0.25, 0.3) is 5.56 Å². The molecular weight excluding hydrogens is 296 g/mol. The number of thiophene rings is 1. The largest absolute Gasteiger partial charge is 0.494 e. The molecule has 22 heavy (non-hydrogen) atoms. The van der Waals surface area contributed by atoms with Gasteiger partial charge in [-0.25, -0.2) is 4.98 Å². The zero-order valence-corrected chi connectivity index (χ0v) is 13.5. The molecule has 0 N–H and O–H groups in total. The molecule has 3 aromatic rings. The van der Waals surface area contributed by atoms with Crippen molar-refractivity contribution in [2.24, 2.45) is 0 Å². The molecule has 4 nitrogen and oxygen atoms in total. The van der Waals surface area contributed by atoms with Gasteiger partial charge < -0.3 is 4.74 Å². The van der Waals surface area contributed by atoms with Crippen LogP contribution in [0.3, 0.4) is 0 Å². The van der Waals surface area contributed by atoms with E-state index in [1.807, 2.05) is 36.6 Å². The van der Waals surface area contributed by atoms with Crippen LogP contribution in [0.1, 0.15) is 20.3 Å². The van der Waals surface area contributed by atoms with E-state index < -0.39 is 0 Å². The van der Waals surface area contributed by atoms with E-state index in [1.54, 1.807) is 10.9 Å². The predicted octanol–water partition coefficient (Wildman–Crippen LogP) is 3.93. The van der Waals surface area contributed by atoms with E-state index in [9.17, 15) is 4.79 Å². The van der Waals surface area contributed by atoms with Crippen molar-refractivity contribution in [1.82, 2.24) is 9.55 Å². The molecule has 2 heterocycles. The Hall–Kier alpha value is -2.14. The molecule has 0 unspecified atom stereocenters. The lowest BCUT2D eigenvalue weighted by Gasteiger charge is -2.06. The van der Waals surface area contributed by atoms with Crippen LogP contribution in [0.15, 0.2) is 40.8 Å². The molecule has 0 saturated heterocycles. The molecule has 0 bridgehead atoms. The van der Waals surface area contributed by atoms with Gasteiger partial charge in [0.05, 0.1) is 18.3 Å². The summed E-state index contributed by atoms with van der Waals surface area (Å²) in [4.78, 5) is 17.9. The van der Waals surface area contributed by atoms with Gasteiger partial charge in [-0.05, 0) is 31.0 Å². The summed E-state index contributed by atoms with van der Waals surface area (Å²) in [5.74, 6) is 0.840. The standard InChI is InChI=1S/C17H18N2O2S/c1-3-9-19-11-18-16-15(17(19)20)14(10-22-16)12-5-7-13(8-6-12)21-4-2/h5-8,10-11H,3-4,9H2,1-2H3. The van der Waals surface area contributed by atoms with Crippen LogP contribution < -0.4 is 10.3 Å². The second-order valence-electron chi connectivity index (χ2n) is 5.03. The van der Waals surface area contributed by atoms with Crippen molar-refractivity contribution in [2.75, 3.05) is 6.61 Å². The summed E-state index contributed by atoms with van der Waals surface area (Å²) in [6, 6.07) is 7.85. The number of aryl methyl sites for hydroxylation is 1. The van der Waals surface area contributed by atoms with Crippen molar-refractivity contribution in [1.29, 1.82) is 0 Å². The minimum absolute atomic E-state index is 0.0389. The SMILES string of the molecule is CCCn1cnc2scc(-c3ccc(OCC)cc3)c2c1=O. The normalized spacial score (nSPS) is 11.0. The lowest BCUT2D eigenvalue weighted by atomic mass is 10.1. The summed E-state index contributed by atoms with van der Waals surface area (Å²) in [5.41, 5.74) is 2.01. The maximum atomic E-state index is 12.6. The molecule has 0 radical (unpaired) electrons. The Morgan fingerprint density at radius 1 is 1.23 bits per heavy atom. The van der Waals surface area contributed by atoms with Crippen LogP contribution in [0.4, 0.5) is 0 Å². The minimum Gasteiger partial charge on any atom is -0.494 e. The molecule has 1 aromatic carbocycles. The second-order valence-corrected chi connectivity index (χ2v) is 5.89. The molecule has 0 fully saturated rings. The van der Waals surface area contributed by atoms with Crippen LogP contribution in [0.2, 0.25) is 0 Å². The summed E-state index contributed by atoms with van der Waals surface area (Å²) < 4.78 is 7.15. The van der Waals surface area contributed by atoms with Crippen LogP contribution in [0.25, 0.3) is 21.3 Å². The molecule has 0 amide bonds. The quantitative estimate of drug-likeness (QED) is 0.716. The molecule has 5 heteroatoms. The van der Waals surface area contributed by atoms with Gasteiger partial charge in [-0.3, -0.25) is 9.36 Å². The average Bonchev–Trinajstić information content (AvgIpc) is 2.96. The van der Waals surface area contributed by atoms with Crippen molar-refractivity contribution in [3.05, 3.63) is 46.3 Å². The Bertz CT molecular complexity index is 834. The van der Waals surface area contributed by atoms with E-state index in [4.69, 9.17) is 4.74 Å². The molecule has 0 aliphatic carbocycles. The van der Waals surface area contributed by atoms with E-state index >= 15 is 0 Å². The third-order valence-electron chi connectivity index (χ3n) is 3.50. The van der Waals surface area contributed by atoms with Crippen LogP contribution >= 0.6 is 11.3 Å². The highest BCUT2D eigenvalue weighted by atomic mass is 32.1. The first kappa shape index (κ1) is 14.8. The maximum Gasteiger partial charge on any atom is 0.262 e. The molecule has 3 rings (SSSR count). The maximum absolute atomic E-state index is 12.6. The van der Waals surface area contributed by atoms with Crippen LogP contribution in [-0.4, -0.2) is 16.2 Å². The first-order valence-electron chi connectivity index (χ1n) is 7.44. The van der Waals surface area contributed by atoms with E-state index in [1.165, 1.54) is 11.3 Å². The molecule has 114 valence electrons. The minimum atomic E-state index is 0.0389. The van der Waals surface area contributed by atoms with Crippen molar-refractivity contribution in [3.8, 4) is 16.9 Å². The van der Waals surface area contributed by atoms with Crippen molar-refractivity contribution in [3.63, 3.8) is 0 Å². The van der Waals surface area contributed by atoms with E-state index in [0.717, 1.165) is 28.1 Å². The summed E-state index contributed by atoms with van der Waals surface area (Å²) in [6.07, 6.45) is 2.56. The predicted molar refractivity (Wildman–Crippen MR) is 90.8 cm³/mol. The Balaban J connectivity index is 2.10. The van der Waals surface area contributed by atoms with E-state index in [-0.39, 0.29) is 5.56 Å². The number of rotatable bonds is 5. The average molecular weight is 314 g/mol. The molecule has 0 atom stereocenters. The van der Waals surface area contributed by atoms with Crippen LogP contribution in [0.5, 0.6) is 5.75 Å². The third-order valence-corrected chi connectivity index (χ3v) is 4.39. The fourth-order valence-corrected chi connectivity index (χ4v) is 3.38. The van der Waals surface area contributed by atoms with Gasteiger partial charge in [-0.15, -0.1) is 11.3 Å². The van der Waals surface area contributed by atoms with Gasteiger partial charge in [-0.1, -0.05) is 19.1 Å². The molecule has 0 saturated carbocycles. The highest BCUT2D eigenvalue weighted by molar-refractivity contribution is 7.17. The zero-order valence-electron chi connectivity index (χ0n) is 12.7. The topological polar surface area (TPSA) is 44.1 Å². The molecule has 0 spiro atoms. The highest BCUT2D eigenvalue weighted by Crippen LogP contribution is 2.31. The number of fused-ring (bicyclic) bond motifs is 1. The van der Waals surface area contributed by atoms with Gasteiger partial charge in [0.1, 0.15) is 10.6 Å². The fourth-order valence-electron chi connectivity index (χ4n) is 2.48. The van der Waals surface area contributed by atoms with Gasteiger partial charge in [0.15, 0.2) is 0 Å². The fraction of sp³-hybridized carbons (Fsp3) is 0.294. The number of nitrogens with zero attached hydrogens (tertiary/aromatic N) is 2. The second kappa shape index (κ2) is 6.32. The summed E-state index contributed by atoms with van der Waals surface area (Å²) in [7, 11) is 0. The van der Waals surface area contributed by atoms with Crippen molar-refractivity contribution in [2.45, 2.75) is 26.8 Å². The lowest BCUT2D eigenvalue weighted by molar-refractivity contribution is 0.340. The van der Waals surface area contributed by atoms with Gasteiger partial charge in [0, 0.05) is 17.5 Å². The highest BCUT2D eigenvalue weighted by Gasteiger charge is 2.13. The Morgan fingerprint density at radius 3 is 2.68 bits per heavy atom. The first-order valence-corrected chi connectivity index (χ1v) is 8.32. The third kappa shape index (κ3) is 2.64. The zero-order chi connectivity index (χ0) is 15.5. The summed E-state index contributed by atoms with van der Waals surface area (Å²) in [5, 5.41) is 2.72. The van der Waals surface area contributed by atoms with Gasteiger partial charge in [0.2, 0.25) is 0 Å². The van der Waals surface area contributed by atoms with Crippen LogP contribution in [-0.2, 0) is 6.54 Å². The monoisotopic (exact) mass is 314 g/mol. The number of ether oxygens (including phenoxy) is 1. The lowest BCUT2D eigenvalue weighted by Crippen LogP contribution is -2.20. The van der Waals surface area contributed by atoms with Gasteiger partial charge in [-0.2, -0.15) is 0 Å². The summed E-state index contributed by atoms with van der Waals surface area (Å²) in [6.45, 7) is 5.35. The van der Waals surface area contributed by atoms with Crippen LogP contribution in [0, 0.1) is 0 Å². The number of hydrogen-bond acceptors (Lipinski definition) is 4. The number of hydrogen-bond donors (Lipinski definition) is 0. The Morgan fingerprint density at radius 2 is 2.00 bits per heavy atom. The van der Waals surface area contributed by atoms with Gasteiger partial charge >= 0.3 is 0 Å². The molecular formula is C17H18N2O2S. The van der Waals surface area contributed by atoms with Crippen molar-refractivity contribution < 1.29 is 4.74 Å². The Kier molecular flexibility index (Phi) is 4.24. The van der Waals surface area contributed by atoms with Crippen molar-refractivity contribution >= 4 is 21.6 Å².